The van der Waals surface area contributed by atoms with Crippen LogP contribution in [0.1, 0.15) is 5.69 Å². The number of nitrogens with one attached hydrogen (secondary N) is 2. The van der Waals surface area contributed by atoms with Crippen molar-refractivity contribution in [3.8, 4) is 0 Å². The number of para-hydroxylation sites is 1. The van der Waals surface area contributed by atoms with Crippen LogP contribution in [-0.2, 0) is 0 Å². The number of hydrogen-bond donors (Lipinski definition) is 2. The van der Waals surface area contributed by atoms with Crippen LogP contribution in [0.4, 0.5) is 27.5 Å². The lowest BCUT2D eigenvalue weighted by molar-refractivity contribution is 0.631. The zero-order valence-corrected chi connectivity index (χ0v) is 14.2. The van der Waals surface area contributed by atoms with Gasteiger partial charge in [0.25, 0.3) is 0 Å². The summed E-state index contributed by atoms with van der Waals surface area (Å²) in [5.74, 6) is 0.453. The number of aryl methyl sites for hydroxylation is 1. The predicted molar refractivity (Wildman–Crippen MR) is 96.2 cm³/mol. The third-order valence-electron chi connectivity index (χ3n) is 3.11. The molecule has 0 atom stereocenters. The highest BCUT2D eigenvalue weighted by Gasteiger charge is 2.07. The zero-order valence-electron chi connectivity index (χ0n) is 12.6. The second-order valence-corrected chi connectivity index (χ2v) is 5.98. The van der Waals surface area contributed by atoms with Gasteiger partial charge >= 0.3 is 0 Å². The minimum absolute atomic E-state index is 0.288. The lowest BCUT2D eigenvalue weighted by Gasteiger charge is -2.11. The maximum Gasteiger partial charge on any atom is 0.229 e. The van der Waals surface area contributed by atoms with E-state index in [1.54, 1.807) is 42.5 Å². The monoisotopic (exact) mass is 362 g/mol. The van der Waals surface area contributed by atoms with Gasteiger partial charge in [-0.1, -0.05) is 35.3 Å². The summed E-state index contributed by atoms with van der Waals surface area (Å²) in [5.41, 5.74) is 1.72. The maximum atomic E-state index is 13.7. The van der Waals surface area contributed by atoms with Gasteiger partial charge < -0.3 is 10.6 Å². The molecule has 1 aromatic heterocycles. The summed E-state index contributed by atoms with van der Waals surface area (Å²) in [6, 6.07) is 13.2. The van der Waals surface area contributed by atoms with Gasteiger partial charge in [0.15, 0.2) is 0 Å². The SMILES string of the molecule is Cc1cc(Nc2cc(Cl)cc(Cl)c2)nc(Nc2ccccc2F)n1. The summed E-state index contributed by atoms with van der Waals surface area (Å²) < 4.78 is 13.7. The molecule has 0 amide bonds. The van der Waals surface area contributed by atoms with Gasteiger partial charge in [-0.2, -0.15) is 4.98 Å². The molecule has 0 aliphatic rings. The fourth-order valence-electron chi connectivity index (χ4n) is 2.15. The van der Waals surface area contributed by atoms with Crippen molar-refractivity contribution in [1.82, 2.24) is 9.97 Å². The summed E-state index contributed by atoms with van der Waals surface area (Å²) in [6.45, 7) is 1.82. The van der Waals surface area contributed by atoms with Crippen molar-refractivity contribution >= 4 is 46.3 Å². The minimum Gasteiger partial charge on any atom is -0.340 e. The molecule has 0 unspecified atom stereocenters. The second kappa shape index (κ2) is 7.03. The van der Waals surface area contributed by atoms with Crippen molar-refractivity contribution in [3.63, 3.8) is 0 Å². The van der Waals surface area contributed by atoms with E-state index in [1.165, 1.54) is 6.07 Å². The van der Waals surface area contributed by atoms with Crippen molar-refractivity contribution in [3.05, 3.63) is 70.1 Å². The molecule has 0 aliphatic carbocycles. The van der Waals surface area contributed by atoms with Crippen LogP contribution in [0.3, 0.4) is 0 Å². The summed E-state index contributed by atoms with van der Waals surface area (Å²) in [6.07, 6.45) is 0. The van der Waals surface area contributed by atoms with Crippen LogP contribution in [0.25, 0.3) is 0 Å². The first-order chi connectivity index (χ1) is 11.5. The molecule has 0 saturated carbocycles. The van der Waals surface area contributed by atoms with Gasteiger partial charge in [-0.25, -0.2) is 9.37 Å². The van der Waals surface area contributed by atoms with Crippen molar-refractivity contribution in [1.29, 1.82) is 0 Å². The molecule has 0 bridgehead atoms. The highest BCUT2D eigenvalue weighted by atomic mass is 35.5. The summed E-state index contributed by atoms with van der Waals surface area (Å²) in [7, 11) is 0. The predicted octanol–water partition coefficient (Wildman–Crippen LogP) is 5.72. The largest absolute Gasteiger partial charge is 0.340 e. The van der Waals surface area contributed by atoms with Gasteiger partial charge in [-0.15, -0.1) is 0 Å². The van der Waals surface area contributed by atoms with Crippen LogP contribution in [0.15, 0.2) is 48.5 Å². The quantitative estimate of drug-likeness (QED) is 0.623. The molecule has 3 aromatic rings. The number of anilines is 4. The Bertz CT molecular complexity index is 866. The van der Waals surface area contributed by atoms with Gasteiger partial charge in [0.2, 0.25) is 5.95 Å². The van der Waals surface area contributed by atoms with E-state index in [0.717, 1.165) is 5.69 Å². The molecule has 24 heavy (non-hydrogen) atoms. The van der Waals surface area contributed by atoms with Crippen molar-refractivity contribution in [2.75, 3.05) is 10.6 Å². The van der Waals surface area contributed by atoms with E-state index >= 15 is 0 Å². The highest BCUT2D eigenvalue weighted by Crippen LogP contribution is 2.25. The van der Waals surface area contributed by atoms with Crippen LogP contribution in [0, 0.1) is 12.7 Å². The molecule has 0 saturated heterocycles. The number of hydrogen-bond acceptors (Lipinski definition) is 4. The van der Waals surface area contributed by atoms with Crippen LogP contribution < -0.4 is 10.6 Å². The standard InChI is InChI=1S/C17H13Cl2FN4/c1-10-6-16(22-13-8-11(18)7-12(19)9-13)24-17(21-10)23-15-5-3-2-4-14(15)20/h2-9H,1H3,(H2,21,22,23,24). The molecule has 0 spiro atoms. The fourth-order valence-corrected chi connectivity index (χ4v) is 2.67. The van der Waals surface area contributed by atoms with E-state index in [1.807, 2.05) is 6.92 Å². The van der Waals surface area contributed by atoms with Crippen LogP contribution in [-0.4, -0.2) is 9.97 Å². The Labute approximate surface area is 148 Å². The average Bonchev–Trinajstić information content (AvgIpc) is 2.48. The second-order valence-electron chi connectivity index (χ2n) is 5.11. The Morgan fingerprint density at radius 3 is 2.33 bits per heavy atom. The van der Waals surface area contributed by atoms with Crippen LogP contribution >= 0.6 is 23.2 Å². The molecule has 2 aromatic carbocycles. The average molecular weight is 363 g/mol. The molecule has 0 aliphatic heterocycles. The van der Waals surface area contributed by atoms with E-state index in [0.29, 0.717) is 27.2 Å². The lowest BCUT2D eigenvalue weighted by atomic mass is 10.3. The van der Waals surface area contributed by atoms with E-state index < -0.39 is 0 Å². The maximum absolute atomic E-state index is 13.7. The lowest BCUT2D eigenvalue weighted by Crippen LogP contribution is -2.03. The molecule has 3 rings (SSSR count). The smallest absolute Gasteiger partial charge is 0.229 e. The van der Waals surface area contributed by atoms with Gasteiger partial charge in [0.1, 0.15) is 11.6 Å². The van der Waals surface area contributed by atoms with Gasteiger partial charge in [-0.3, -0.25) is 0 Å². The minimum atomic E-state index is -0.376. The number of rotatable bonds is 4. The molecular weight excluding hydrogens is 350 g/mol. The van der Waals surface area contributed by atoms with Crippen molar-refractivity contribution in [2.24, 2.45) is 0 Å². The number of aromatic nitrogens is 2. The normalized spacial score (nSPS) is 10.5. The first-order valence-electron chi connectivity index (χ1n) is 7.10. The van der Waals surface area contributed by atoms with Gasteiger partial charge in [0, 0.05) is 27.5 Å². The first kappa shape index (κ1) is 16.5. The summed E-state index contributed by atoms with van der Waals surface area (Å²) in [4.78, 5) is 8.60. The summed E-state index contributed by atoms with van der Waals surface area (Å²) >= 11 is 12.0. The topological polar surface area (TPSA) is 49.8 Å². The number of benzene rings is 2. The van der Waals surface area contributed by atoms with E-state index in [4.69, 9.17) is 23.2 Å². The first-order valence-corrected chi connectivity index (χ1v) is 7.85. The Morgan fingerprint density at radius 1 is 0.917 bits per heavy atom. The molecule has 122 valence electrons. The molecule has 7 heteroatoms. The van der Waals surface area contributed by atoms with E-state index in [9.17, 15) is 4.39 Å². The molecule has 0 radical (unpaired) electrons. The Hall–Kier alpha value is -2.37. The van der Waals surface area contributed by atoms with Crippen molar-refractivity contribution in [2.45, 2.75) is 6.92 Å². The molecular formula is C17H13Cl2FN4. The van der Waals surface area contributed by atoms with Gasteiger partial charge in [0.05, 0.1) is 5.69 Å². The fraction of sp³-hybridized carbons (Fsp3) is 0.0588. The number of halogens is 3. The number of nitrogens with zero attached hydrogens (tertiary/aromatic N) is 2. The van der Waals surface area contributed by atoms with E-state index in [2.05, 4.69) is 20.6 Å². The van der Waals surface area contributed by atoms with Gasteiger partial charge in [-0.05, 0) is 37.3 Å². The molecule has 0 fully saturated rings. The summed E-state index contributed by atoms with van der Waals surface area (Å²) in [5, 5.41) is 7.01. The van der Waals surface area contributed by atoms with Crippen molar-refractivity contribution < 1.29 is 4.39 Å². The third-order valence-corrected chi connectivity index (χ3v) is 3.55. The van der Waals surface area contributed by atoms with Crippen LogP contribution in [0.2, 0.25) is 10.0 Å². The molecule has 2 N–H and O–H groups in total. The highest BCUT2D eigenvalue weighted by molar-refractivity contribution is 6.35. The molecule has 1 heterocycles. The van der Waals surface area contributed by atoms with E-state index in [-0.39, 0.29) is 11.8 Å². The Kier molecular flexibility index (Phi) is 4.83. The molecule has 4 nitrogen and oxygen atoms in total. The Morgan fingerprint density at radius 2 is 1.62 bits per heavy atom. The third kappa shape index (κ3) is 4.13. The van der Waals surface area contributed by atoms with Crippen LogP contribution in [0.5, 0.6) is 0 Å². The Balaban J connectivity index is 1.87. The zero-order chi connectivity index (χ0) is 17.1.